The van der Waals surface area contributed by atoms with Crippen molar-refractivity contribution in [2.45, 2.75) is 20.2 Å². The molecule has 1 aliphatic carbocycles. The second kappa shape index (κ2) is 2.19. The van der Waals surface area contributed by atoms with E-state index in [1.54, 1.807) is 12.1 Å². The number of Topliss-reactive ketones (excluding diaryl/α,β-unsaturated/α-hetero) is 1. The molecule has 0 saturated carbocycles. The van der Waals surface area contributed by atoms with Gasteiger partial charge in [-0.3, -0.25) is 4.79 Å². The molecule has 12 heavy (non-hydrogen) atoms. The van der Waals surface area contributed by atoms with E-state index in [2.05, 4.69) is 0 Å². The highest BCUT2D eigenvalue weighted by Gasteiger charge is 2.36. The molecule has 1 heteroatoms. The number of carbonyl (C=O) groups is 1. The average molecular weight is 165 g/mol. The maximum Gasteiger partial charge on any atom is 0.169 e. The summed E-state index contributed by atoms with van der Waals surface area (Å²) < 4.78 is 22.3. The summed E-state index contributed by atoms with van der Waals surface area (Å²) in [6, 6.07) is 7.12. The van der Waals surface area contributed by atoms with Gasteiger partial charge in [-0.25, -0.2) is 0 Å². The van der Waals surface area contributed by atoms with Crippen LogP contribution in [0.1, 0.15) is 33.8 Å². The lowest BCUT2D eigenvalue weighted by molar-refractivity contribution is 0.0863. The molecule has 0 heterocycles. The number of benzene rings is 1. The van der Waals surface area contributed by atoms with Gasteiger partial charge >= 0.3 is 0 Å². The Balaban J connectivity index is 2.52. The fourth-order valence-corrected chi connectivity index (χ4v) is 1.65. The summed E-state index contributed by atoms with van der Waals surface area (Å²) in [5.41, 5.74) is 0.175. The number of carbonyl (C=O) groups excluding carboxylic acids is 1. The third-order valence-corrected chi connectivity index (χ3v) is 2.31. The van der Waals surface area contributed by atoms with E-state index in [9.17, 15) is 4.79 Å². The molecule has 0 radical (unpaired) electrons. The van der Waals surface area contributed by atoms with Crippen LogP contribution in [0.25, 0.3) is 0 Å². The number of fused-ring (bicyclic) bond motifs is 1. The molecule has 1 aliphatic rings. The molecule has 1 nitrogen and oxygen atoms in total. The normalized spacial score (nSPS) is 32.1. The van der Waals surface area contributed by atoms with Crippen LogP contribution in [-0.2, 0) is 6.42 Å². The first-order valence-corrected chi connectivity index (χ1v) is 3.99. The van der Waals surface area contributed by atoms with Crippen molar-refractivity contribution >= 4 is 5.78 Å². The SMILES string of the molecule is [2H][13C]([2H])([2H])C1([13CH3])Cc2ccccc2C1=O. The fourth-order valence-electron chi connectivity index (χ4n) is 1.65. The molecule has 0 bridgehead atoms. The van der Waals surface area contributed by atoms with Gasteiger partial charge in [0.15, 0.2) is 5.78 Å². The van der Waals surface area contributed by atoms with E-state index in [-0.39, 0.29) is 5.78 Å². The molecule has 0 aromatic heterocycles. The van der Waals surface area contributed by atoms with Crippen LogP contribution in [0, 0.1) is 5.41 Å². The van der Waals surface area contributed by atoms with Crippen molar-refractivity contribution in [3.05, 3.63) is 35.4 Å². The number of hydrogen-bond donors (Lipinski definition) is 0. The second-order valence-electron chi connectivity index (χ2n) is 3.50. The Morgan fingerprint density at radius 2 is 2.25 bits per heavy atom. The minimum Gasteiger partial charge on any atom is -0.294 e. The molecule has 0 amide bonds. The van der Waals surface area contributed by atoms with Crippen molar-refractivity contribution < 1.29 is 8.91 Å². The predicted molar refractivity (Wildman–Crippen MR) is 48.3 cm³/mol. The minimum atomic E-state index is -2.23. The van der Waals surface area contributed by atoms with Crippen LogP contribution in [0.2, 0.25) is 0 Å². The van der Waals surface area contributed by atoms with E-state index in [4.69, 9.17) is 4.11 Å². The topological polar surface area (TPSA) is 17.1 Å². The van der Waals surface area contributed by atoms with Crippen LogP contribution in [0.5, 0.6) is 0 Å². The van der Waals surface area contributed by atoms with Crippen LogP contribution < -0.4 is 0 Å². The van der Waals surface area contributed by atoms with Crippen molar-refractivity contribution in [1.82, 2.24) is 0 Å². The highest BCUT2D eigenvalue weighted by Crippen LogP contribution is 2.35. The summed E-state index contributed by atoms with van der Waals surface area (Å²) in [4.78, 5) is 12.0. The van der Waals surface area contributed by atoms with E-state index in [1.807, 2.05) is 12.1 Å². The van der Waals surface area contributed by atoms with Gasteiger partial charge in [-0.05, 0) is 12.0 Å². The van der Waals surface area contributed by atoms with Crippen molar-refractivity contribution in [2.75, 3.05) is 0 Å². The lowest BCUT2D eigenvalue weighted by Crippen LogP contribution is -2.18. The maximum absolute atomic E-state index is 12.0. The molecule has 0 fully saturated rings. The van der Waals surface area contributed by atoms with Gasteiger partial charge in [0.1, 0.15) is 0 Å². The maximum atomic E-state index is 12.0. The van der Waals surface area contributed by atoms with Gasteiger partial charge in [0.25, 0.3) is 0 Å². The zero-order chi connectivity index (χ0) is 11.3. The lowest BCUT2D eigenvalue weighted by Gasteiger charge is -2.12. The van der Waals surface area contributed by atoms with Crippen molar-refractivity contribution in [3.8, 4) is 0 Å². The highest BCUT2D eigenvalue weighted by atomic mass is 16.1. The van der Waals surface area contributed by atoms with Crippen LogP contribution in [0.4, 0.5) is 0 Å². The summed E-state index contributed by atoms with van der Waals surface area (Å²) in [6.45, 7) is -0.703. The summed E-state index contributed by atoms with van der Waals surface area (Å²) in [5, 5.41) is 0. The van der Waals surface area contributed by atoms with E-state index in [0.29, 0.717) is 12.0 Å². The first-order valence-electron chi connectivity index (χ1n) is 5.49. The third-order valence-electron chi connectivity index (χ3n) is 2.31. The summed E-state index contributed by atoms with van der Waals surface area (Å²) in [6.07, 6.45) is 0.318. The largest absolute Gasteiger partial charge is 0.294 e. The molecule has 62 valence electrons. The first kappa shape index (κ1) is 4.80. The van der Waals surface area contributed by atoms with Crippen molar-refractivity contribution in [3.63, 3.8) is 0 Å². The number of hydrogen-bond acceptors (Lipinski definition) is 1. The number of rotatable bonds is 0. The van der Waals surface area contributed by atoms with Crippen LogP contribution >= 0.6 is 0 Å². The quantitative estimate of drug-likeness (QED) is 0.540. The molecule has 0 spiro atoms. The summed E-state index contributed by atoms with van der Waals surface area (Å²) in [5.74, 6) is -0.252. The molecular formula is C11H12O. The molecule has 2 rings (SSSR count). The standard InChI is InChI=1S/C11H12O/c1-11(2)7-8-5-3-4-6-9(8)10(11)12/h3-6H,7H2,1-2H3/i1+1,2+1D3. The van der Waals surface area contributed by atoms with Gasteiger partial charge in [-0.1, -0.05) is 38.0 Å². The highest BCUT2D eigenvalue weighted by molar-refractivity contribution is 6.04. The Morgan fingerprint density at radius 3 is 2.92 bits per heavy atom. The molecule has 1 aromatic carbocycles. The lowest BCUT2D eigenvalue weighted by atomic mass is 10.0. The van der Waals surface area contributed by atoms with E-state index >= 15 is 0 Å². The summed E-state index contributed by atoms with van der Waals surface area (Å²) in [7, 11) is 0. The van der Waals surface area contributed by atoms with Gasteiger partial charge in [-0.15, -0.1) is 0 Å². The molecule has 1 unspecified atom stereocenters. The average Bonchev–Trinajstić information content (AvgIpc) is 2.40. The van der Waals surface area contributed by atoms with E-state index < -0.39 is 12.3 Å². The smallest absolute Gasteiger partial charge is 0.169 e. The Kier molecular flexibility index (Phi) is 0.877. The van der Waals surface area contributed by atoms with Crippen LogP contribution in [-0.4, -0.2) is 5.78 Å². The molecule has 1 atom stereocenters. The van der Waals surface area contributed by atoms with Gasteiger partial charge in [0.05, 0.1) is 0 Å². The van der Waals surface area contributed by atoms with Crippen molar-refractivity contribution in [2.24, 2.45) is 5.41 Å². The molecule has 0 N–H and O–H groups in total. The Labute approximate surface area is 76.6 Å². The fraction of sp³-hybridized carbons (Fsp3) is 0.364. The predicted octanol–water partition coefficient (Wildman–Crippen LogP) is 2.45. The minimum absolute atomic E-state index is 0.252. The molecule has 1 aromatic rings. The van der Waals surface area contributed by atoms with Crippen LogP contribution in [0.15, 0.2) is 24.3 Å². The van der Waals surface area contributed by atoms with Gasteiger partial charge in [0, 0.05) is 15.1 Å². The number of ketones is 1. The zero-order valence-corrected chi connectivity index (χ0v) is 6.92. The van der Waals surface area contributed by atoms with E-state index in [1.165, 1.54) is 6.92 Å². The Morgan fingerprint density at radius 1 is 1.50 bits per heavy atom. The third kappa shape index (κ3) is 0.893. The van der Waals surface area contributed by atoms with Gasteiger partial charge < -0.3 is 0 Å². The molecular weight excluding hydrogens is 150 g/mol. The van der Waals surface area contributed by atoms with Crippen LogP contribution in [0.3, 0.4) is 0 Å². The molecule has 0 aliphatic heterocycles. The molecule has 0 saturated heterocycles. The Hall–Kier alpha value is -1.11. The van der Waals surface area contributed by atoms with Gasteiger partial charge in [0.2, 0.25) is 0 Å². The van der Waals surface area contributed by atoms with Crippen molar-refractivity contribution in [1.29, 1.82) is 0 Å². The zero-order valence-electron chi connectivity index (χ0n) is 9.92. The van der Waals surface area contributed by atoms with E-state index in [0.717, 1.165) is 5.56 Å². The monoisotopic (exact) mass is 165 g/mol. The second-order valence-corrected chi connectivity index (χ2v) is 3.50. The van der Waals surface area contributed by atoms with Gasteiger partial charge in [-0.2, -0.15) is 0 Å². The first-order chi connectivity index (χ1) is 6.86. The summed E-state index contributed by atoms with van der Waals surface area (Å²) >= 11 is 0. The Bertz CT molecular complexity index is 422.